The molecule has 2 aromatic heterocycles. The fraction of sp³-hybridized carbons (Fsp3) is 0.150. The molecule has 4 aromatic rings. The SMILES string of the molecule is Cc1ccc(-c2nnc(SCc3cc(=O)[nH]c4ccccc34)n2C)cc1. The van der Waals surface area contributed by atoms with Crippen LogP contribution in [0.1, 0.15) is 11.1 Å². The summed E-state index contributed by atoms with van der Waals surface area (Å²) >= 11 is 1.58. The van der Waals surface area contributed by atoms with E-state index in [9.17, 15) is 4.79 Å². The van der Waals surface area contributed by atoms with E-state index in [-0.39, 0.29) is 5.56 Å². The van der Waals surface area contributed by atoms with Crippen LogP contribution in [0.4, 0.5) is 0 Å². The molecule has 0 saturated carbocycles. The zero-order valence-electron chi connectivity index (χ0n) is 14.6. The lowest BCUT2D eigenvalue weighted by molar-refractivity contribution is 0.794. The van der Waals surface area contributed by atoms with E-state index in [4.69, 9.17) is 0 Å². The molecule has 0 saturated heterocycles. The van der Waals surface area contributed by atoms with Gasteiger partial charge in [0.1, 0.15) is 0 Å². The molecule has 0 atom stereocenters. The second kappa shape index (κ2) is 6.80. The Hall–Kier alpha value is -2.86. The van der Waals surface area contributed by atoms with Gasteiger partial charge in [0.25, 0.3) is 0 Å². The number of H-pyrrole nitrogens is 1. The number of nitrogens with zero attached hydrogens (tertiary/aromatic N) is 3. The Morgan fingerprint density at radius 3 is 2.65 bits per heavy atom. The molecule has 0 fully saturated rings. The maximum atomic E-state index is 11.9. The van der Waals surface area contributed by atoms with Crippen molar-refractivity contribution in [2.45, 2.75) is 17.8 Å². The van der Waals surface area contributed by atoms with Gasteiger partial charge in [-0.2, -0.15) is 0 Å². The number of aryl methyl sites for hydroxylation is 1. The number of rotatable bonds is 4. The lowest BCUT2D eigenvalue weighted by atomic mass is 10.1. The monoisotopic (exact) mass is 362 g/mol. The lowest BCUT2D eigenvalue weighted by Gasteiger charge is -2.07. The van der Waals surface area contributed by atoms with E-state index in [1.807, 2.05) is 35.9 Å². The summed E-state index contributed by atoms with van der Waals surface area (Å²) in [5, 5.41) is 10.5. The maximum absolute atomic E-state index is 11.9. The molecule has 5 nitrogen and oxygen atoms in total. The van der Waals surface area contributed by atoms with E-state index in [2.05, 4.69) is 46.4 Å². The Morgan fingerprint density at radius 2 is 1.85 bits per heavy atom. The van der Waals surface area contributed by atoms with Crippen LogP contribution in [0.2, 0.25) is 0 Å². The van der Waals surface area contributed by atoms with Gasteiger partial charge in [0.15, 0.2) is 11.0 Å². The van der Waals surface area contributed by atoms with Gasteiger partial charge in [-0.05, 0) is 18.6 Å². The predicted octanol–water partition coefficient (Wildman–Crippen LogP) is 3.92. The number of nitrogens with one attached hydrogen (secondary N) is 1. The van der Waals surface area contributed by atoms with Crippen molar-refractivity contribution in [3.05, 3.63) is 76.1 Å². The van der Waals surface area contributed by atoms with Crippen molar-refractivity contribution in [2.75, 3.05) is 0 Å². The van der Waals surface area contributed by atoms with Crippen LogP contribution in [0.15, 0.2) is 64.5 Å². The van der Waals surface area contributed by atoms with Crippen molar-refractivity contribution in [2.24, 2.45) is 7.05 Å². The summed E-state index contributed by atoms with van der Waals surface area (Å²) < 4.78 is 1.99. The summed E-state index contributed by atoms with van der Waals surface area (Å²) in [7, 11) is 1.97. The molecule has 2 heterocycles. The third-order valence-electron chi connectivity index (χ3n) is 4.34. The van der Waals surface area contributed by atoms with Crippen LogP contribution in [0.5, 0.6) is 0 Å². The lowest BCUT2D eigenvalue weighted by Crippen LogP contribution is -2.06. The van der Waals surface area contributed by atoms with Crippen LogP contribution in [-0.2, 0) is 12.8 Å². The van der Waals surface area contributed by atoms with Gasteiger partial charge in [0.05, 0.1) is 0 Å². The Morgan fingerprint density at radius 1 is 1.08 bits per heavy atom. The van der Waals surface area contributed by atoms with Gasteiger partial charge in [0.2, 0.25) is 5.56 Å². The Bertz CT molecular complexity index is 1130. The normalized spacial score (nSPS) is 11.2. The van der Waals surface area contributed by atoms with Crippen molar-refractivity contribution >= 4 is 22.7 Å². The number of hydrogen-bond donors (Lipinski definition) is 1. The Kier molecular flexibility index (Phi) is 4.34. The number of para-hydroxylation sites is 1. The average Bonchev–Trinajstić information content (AvgIpc) is 3.01. The molecule has 4 rings (SSSR count). The number of fused-ring (bicyclic) bond motifs is 1. The maximum Gasteiger partial charge on any atom is 0.248 e. The molecule has 0 bridgehead atoms. The first-order valence-corrected chi connectivity index (χ1v) is 9.30. The minimum atomic E-state index is -0.0855. The molecule has 2 aromatic carbocycles. The molecule has 130 valence electrons. The predicted molar refractivity (Wildman–Crippen MR) is 105 cm³/mol. The molecule has 6 heteroatoms. The largest absolute Gasteiger partial charge is 0.322 e. The molecule has 26 heavy (non-hydrogen) atoms. The van der Waals surface area contributed by atoms with Gasteiger partial charge in [-0.25, -0.2) is 0 Å². The molecular formula is C20H18N4OS. The van der Waals surface area contributed by atoms with Crippen molar-refractivity contribution in [3.8, 4) is 11.4 Å². The van der Waals surface area contributed by atoms with Gasteiger partial charge in [-0.15, -0.1) is 10.2 Å². The molecule has 0 aliphatic rings. The van der Waals surface area contributed by atoms with Gasteiger partial charge < -0.3 is 9.55 Å². The summed E-state index contributed by atoms with van der Waals surface area (Å²) in [5.74, 6) is 1.49. The van der Waals surface area contributed by atoms with E-state index in [0.717, 1.165) is 33.0 Å². The Labute approximate surface area is 155 Å². The average molecular weight is 362 g/mol. The zero-order chi connectivity index (χ0) is 18.1. The minimum absolute atomic E-state index is 0.0855. The van der Waals surface area contributed by atoms with Crippen LogP contribution in [-0.4, -0.2) is 19.7 Å². The molecular weight excluding hydrogens is 344 g/mol. The fourth-order valence-electron chi connectivity index (χ4n) is 2.93. The highest BCUT2D eigenvalue weighted by atomic mass is 32.2. The van der Waals surface area contributed by atoms with E-state index in [0.29, 0.717) is 5.75 Å². The summed E-state index contributed by atoms with van der Waals surface area (Å²) in [4.78, 5) is 14.8. The van der Waals surface area contributed by atoms with Crippen molar-refractivity contribution in [1.82, 2.24) is 19.7 Å². The zero-order valence-corrected chi connectivity index (χ0v) is 15.4. The quantitative estimate of drug-likeness (QED) is 0.559. The second-order valence-corrected chi connectivity index (χ2v) is 7.17. The van der Waals surface area contributed by atoms with Gasteiger partial charge >= 0.3 is 0 Å². The van der Waals surface area contributed by atoms with E-state index < -0.39 is 0 Å². The second-order valence-electron chi connectivity index (χ2n) is 6.22. The van der Waals surface area contributed by atoms with Gasteiger partial charge in [-0.3, -0.25) is 4.79 Å². The minimum Gasteiger partial charge on any atom is -0.322 e. The number of hydrogen-bond acceptors (Lipinski definition) is 4. The summed E-state index contributed by atoms with van der Waals surface area (Å²) in [6, 6.07) is 17.7. The van der Waals surface area contributed by atoms with Gasteiger partial charge in [-0.1, -0.05) is 59.8 Å². The van der Waals surface area contributed by atoms with Crippen molar-refractivity contribution in [1.29, 1.82) is 0 Å². The van der Waals surface area contributed by atoms with Crippen molar-refractivity contribution in [3.63, 3.8) is 0 Å². The molecule has 0 spiro atoms. The van der Waals surface area contributed by atoms with E-state index >= 15 is 0 Å². The highest BCUT2D eigenvalue weighted by Crippen LogP contribution is 2.27. The van der Waals surface area contributed by atoms with Crippen LogP contribution in [0.3, 0.4) is 0 Å². The first-order chi connectivity index (χ1) is 12.6. The topological polar surface area (TPSA) is 63.6 Å². The standard InChI is InChI=1S/C20H18N4OS/c1-13-7-9-14(10-8-13)19-22-23-20(24(19)2)26-12-15-11-18(25)21-17-6-4-3-5-16(15)17/h3-11H,12H2,1-2H3,(H,21,25). The van der Waals surface area contributed by atoms with Crippen LogP contribution >= 0.6 is 11.8 Å². The third kappa shape index (κ3) is 3.15. The van der Waals surface area contributed by atoms with E-state index in [1.54, 1.807) is 17.8 Å². The van der Waals surface area contributed by atoms with Crippen molar-refractivity contribution < 1.29 is 0 Å². The summed E-state index contributed by atoms with van der Waals surface area (Å²) in [6.45, 7) is 2.06. The summed E-state index contributed by atoms with van der Waals surface area (Å²) in [6.07, 6.45) is 0. The first-order valence-electron chi connectivity index (χ1n) is 8.32. The third-order valence-corrected chi connectivity index (χ3v) is 5.41. The summed E-state index contributed by atoms with van der Waals surface area (Å²) in [5.41, 5.74) is 4.02. The van der Waals surface area contributed by atoms with Gasteiger partial charge in [0, 0.05) is 35.3 Å². The first kappa shape index (κ1) is 16.6. The molecule has 0 aliphatic heterocycles. The smallest absolute Gasteiger partial charge is 0.248 e. The molecule has 1 N–H and O–H groups in total. The fourth-order valence-corrected chi connectivity index (χ4v) is 3.84. The van der Waals surface area contributed by atoms with Crippen LogP contribution in [0.25, 0.3) is 22.3 Å². The number of pyridine rings is 1. The molecule has 0 aliphatic carbocycles. The molecule has 0 radical (unpaired) electrons. The molecule has 0 unspecified atom stereocenters. The van der Waals surface area contributed by atoms with Crippen LogP contribution < -0.4 is 5.56 Å². The number of aromatic amines is 1. The Balaban J connectivity index is 1.62. The number of thioether (sulfide) groups is 1. The number of aromatic nitrogens is 4. The van der Waals surface area contributed by atoms with Crippen LogP contribution in [0, 0.1) is 6.92 Å². The molecule has 0 amide bonds. The number of benzene rings is 2. The van der Waals surface area contributed by atoms with E-state index in [1.165, 1.54) is 5.56 Å². The highest BCUT2D eigenvalue weighted by Gasteiger charge is 2.12. The highest BCUT2D eigenvalue weighted by molar-refractivity contribution is 7.98.